The van der Waals surface area contributed by atoms with Crippen molar-refractivity contribution in [3.8, 4) is 0 Å². The molecule has 0 aliphatic rings. The van der Waals surface area contributed by atoms with E-state index >= 15 is 0 Å². The van der Waals surface area contributed by atoms with Crippen molar-refractivity contribution in [2.24, 2.45) is 0 Å². The van der Waals surface area contributed by atoms with Crippen molar-refractivity contribution in [2.75, 3.05) is 0 Å². The maximum atomic E-state index is 13.0. The van der Waals surface area contributed by atoms with Gasteiger partial charge in [0, 0.05) is 15.3 Å². The van der Waals surface area contributed by atoms with Crippen LogP contribution in [-0.4, -0.2) is 5.91 Å². The standard InChI is InChI=1S/C13H10F3NOS/c1-7-2-3-9(19-7)6-17-13(18)8-4-10(14)12(16)11(15)5-8/h2-5H,6H2,1H3,(H,17,18). The van der Waals surface area contributed by atoms with E-state index in [1.165, 1.54) is 11.3 Å². The van der Waals surface area contributed by atoms with Crippen molar-refractivity contribution in [3.63, 3.8) is 0 Å². The minimum Gasteiger partial charge on any atom is -0.347 e. The summed E-state index contributed by atoms with van der Waals surface area (Å²) < 4.78 is 38.7. The van der Waals surface area contributed by atoms with E-state index in [-0.39, 0.29) is 12.1 Å². The van der Waals surface area contributed by atoms with Gasteiger partial charge in [-0.3, -0.25) is 4.79 Å². The van der Waals surface area contributed by atoms with E-state index in [0.29, 0.717) is 12.1 Å². The van der Waals surface area contributed by atoms with Crippen LogP contribution in [-0.2, 0) is 6.54 Å². The Morgan fingerprint density at radius 2 is 1.84 bits per heavy atom. The summed E-state index contributed by atoms with van der Waals surface area (Å²) >= 11 is 1.51. The Hall–Kier alpha value is -1.82. The van der Waals surface area contributed by atoms with Gasteiger partial charge in [0.05, 0.1) is 6.54 Å². The summed E-state index contributed by atoms with van der Waals surface area (Å²) in [5, 5.41) is 2.52. The lowest BCUT2D eigenvalue weighted by Gasteiger charge is -2.05. The molecule has 2 nitrogen and oxygen atoms in total. The minimum atomic E-state index is -1.58. The van der Waals surface area contributed by atoms with Gasteiger partial charge < -0.3 is 5.32 Å². The summed E-state index contributed by atoms with van der Waals surface area (Å²) in [6, 6.07) is 5.11. The zero-order valence-electron chi connectivity index (χ0n) is 9.97. The van der Waals surface area contributed by atoms with Crippen LogP contribution in [0.5, 0.6) is 0 Å². The van der Waals surface area contributed by atoms with Crippen LogP contribution in [0, 0.1) is 24.4 Å². The van der Waals surface area contributed by atoms with Crippen molar-refractivity contribution < 1.29 is 18.0 Å². The highest BCUT2D eigenvalue weighted by Gasteiger charge is 2.14. The second-order valence-corrected chi connectivity index (χ2v) is 5.32. The lowest BCUT2D eigenvalue weighted by molar-refractivity contribution is 0.0950. The molecule has 0 saturated carbocycles. The van der Waals surface area contributed by atoms with Crippen LogP contribution >= 0.6 is 11.3 Å². The zero-order chi connectivity index (χ0) is 14.0. The molecule has 1 aromatic carbocycles. The fraction of sp³-hybridized carbons (Fsp3) is 0.154. The smallest absolute Gasteiger partial charge is 0.251 e. The summed E-state index contributed by atoms with van der Waals surface area (Å²) in [7, 11) is 0. The number of rotatable bonds is 3. The lowest BCUT2D eigenvalue weighted by Crippen LogP contribution is -2.22. The molecule has 1 heterocycles. The van der Waals surface area contributed by atoms with Crippen LogP contribution in [0.25, 0.3) is 0 Å². The first-order valence-corrected chi connectivity index (χ1v) is 6.27. The van der Waals surface area contributed by atoms with E-state index in [1.807, 2.05) is 19.1 Å². The molecule has 0 aliphatic carbocycles. The molecule has 0 saturated heterocycles. The van der Waals surface area contributed by atoms with Gasteiger partial charge in [-0.25, -0.2) is 13.2 Å². The number of halogens is 3. The molecule has 2 rings (SSSR count). The van der Waals surface area contributed by atoms with Gasteiger partial charge in [0.15, 0.2) is 17.5 Å². The maximum absolute atomic E-state index is 13.0. The molecule has 19 heavy (non-hydrogen) atoms. The molecular weight excluding hydrogens is 275 g/mol. The summed E-state index contributed by atoms with van der Waals surface area (Å²) in [5.74, 6) is -4.98. The van der Waals surface area contributed by atoms with Crippen LogP contribution in [0.3, 0.4) is 0 Å². The average molecular weight is 285 g/mol. The number of hydrogen-bond donors (Lipinski definition) is 1. The van der Waals surface area contributed by atoms with Crippen LogP contribution in [0.15, 0.2) is 24.3 Å². The van der Waals surface area contributed by atoms with E-state index in [4.69, 9.17) is 0 Å². The molecule has 0 radical (unpaired) electrons. The van der Waals surface area contributed by atoms with Gasteiger partial charge >= 0.3 is 0 Å². The topological polar surface area (TPSA) is 29.1 Å². The Morgan fingerprint density at radius 3 is 2.37 bits per heavy atom. The number of thiophene rings is 1. The molecule has 6 heteroatoms. The van der Waals surface area contributed by atoms with Gasteiger partial charge in [-0.05, 0) is 31.2 Å². The predicted octanol–water partition coefficient (Wildman–Crippen LogP) is 3.40. The molecule has 0 unspecified atom stereocenters. The average Bonchev–Trinajstić information content (AvgIpc) is 2.78. The Bertz CT molecular complexity index is 601. The van der Waals surface area contributed by atoms with Crippen molar-refractivity contribution in [2.45, 2.75) is 13.5 Å². The van der Waals surface area contributed by atoms with E-state index in [1.54, 1.807) is 0 Å². The number of aryl methyl sites for hydroxylation is 1. The fourth-order valence-corrected chi connectivity index (χ4v) is 2.37. The summed E-state index contributed by atoms with van der Waals surface area (Å²) in [6.07, 6.45) is 0. The highest BCUT2D eigenvalue weighted by atomic mass is 32.1. The van der Waals surface area contributed by atoms with E-state index in [9.17, 15) is 18.0 Å². The molecule has 0 aliphatic heterocycles. The van der Waals surface area contributed by atoms with Gasteiger partial charge in [0.1, 0.15) is 0 Å². The van der Waals surface area contributed by atoms with Crippen molar-refractivity contribution >= 4 is 17.2 Å². The van der Waals surface area contributed by atoms with E-state index in [2.05, 4.69) is 5.32 Å². The molecule has 0 bridgehead atoms. The number of nitrogens with one attached hydrogen (secondary N) is 1. The molecular formula is C13H10F3NOS. The second-order valence-electron chi connectivity index (χ2n) is 3.95. The summed E-state index contributed by atoms with van der Waals surface area (Å²) in [5.41, 5.74) is -0.246. The van der Waals surface area contributed by atoms with E-state index < -0.39 is 23.4 Å². The monoisotopic (exact) mass is 285 g/mol. The Kier molecular flexibility index (Phi) is 3.90. The van der Waals surface area contributed by atoms with Gasteiger partial charge in [-0.2, -0.15) is 0 Å². The summed E-state index contributed by atoms with van der Waals surface area (Å²) in [4.78, 5) is 13.7. The molecule has 0 fully saturated rings. The van der Waals surface area contributed by atoms with Crippen LogP contribution < -0.4 is 5.32 Å². The quantitative estimate of drug-likeness (QED) is 0.860. The number of hydrogen-bond acceptors (Lipinski definition) is 2. The SMILES string of the molecule is Cc1ccc(CNC(=O)c2cc(F)c(F)c(F)c2)s1. The van der Waals surface area contributed by atoms with Crippen LogP contribution in [0.2, 0.25) is 0 Å². The normalized spacial score (nSPS) is 10.5. The highest BCUT2D eigenvalue weighted by molar-refractivity contribution is 7.11. The first-order chi connectivity index (χ1) is 8.97. The van der Waals surface area contributed by atoms with Crippen LogP contribution in [0.1, 0.15) is 20.1 Å². The predicted molar refractivity (Wildman–Crippen MR) is 66.5 cm³/mol. The van der Waals surface area contributed by atoms with Gasteiger partial charge in [-0.15, -0.1) is 11.3 Å². The maximum Gasteiger partial charge on any atom is 0.251 e. The number of carbonyl (C=O) groups is 1. The minimum absolute atomic E-state index is 0.246. The Balaban J connectivity index is 2.08. The van der Waals surface area contributed by atoms with Gasteiger partial charge in [0.25, 0.3) is 5.91 Å². The van der Waals surface area contributed by atoms with Crippen molar-refractivity contribution in [1.82, 2.24) is 5.32 Å². The fourth-order valence-electron chi connectivity index (χ4n) is 1.54. The number of amides is 1. The highest BCUT2D eigenvalue weighted by Crippen LogP contribution is 2.16. The van der Waals surface area contributed by atoms with E-state index in [0.717, 1.165) is 9.75 Å². The third kappa shape index (κ3) is 3.14. The largest absolute Gasteiger partial charge is 0.347 e. The van der Waals surface area contributed by atoms with Gasteiger partial charge in [0.2, 0.25) is 0 Å². The lowest BCUT2D eigenvalue weighted by atomic mass is 10.2. The van der Waals surface area contributed by atoms with Crippen molar-refractivity contribution in [1.29, 1.82) is 0 Å². The molecule has 2 aromatic rings. The number of carbonyl (C=O) groups excluding carboxylic acids is 1. The Morgan fingerprint density at radius 1 is 1.21 bits per heavy atom. The molecule has 1 N–H and O–H groups in total. The Labute approximate surface area is 111 Å². The van der Waals surface area contributed by atoms with Crippen molar-refractivity contribution in [3.05, 3.63) is 57.0 Å². The third-order valence-corrected chi connectivity index (χ3v) is 3.47. The molecule has 1 amide bonds. The zero-order valence-corrected chi connectivity index (χ0v) is 10.8. The first-order valence-electron chi connectivity index (χ1n) is 5.45. The third-order valence-electron chi connectivity index (χ3n) is 2.47. The molecule has 1 aromatic heterocycles. The second kappa shape index (κ2) is 5.44. The number of benzene rings is 1. The van der Waals surface area contributed by atoms with Crippen LogP contribution in [0.4, 0.5) is 13.2 Å². The molecule has 0 atom stereocenters. The van der Waals surface area contributed by atoms with Gasteiger partial charge in [-0.1, -0.05) is 0 Å². The summed E-state index contributed by atoms with van der Waals surface area (Å²) in [6.45, 7) is 2.19. The molecule has 100 valence electrons. The first kappa shape index (κ1) is 13.6. The molecule has 0 spiro atoms.